The Morgan fingerprint density at radius 1 is 0.848 bits per heavy atom. The quantitative estimate of drug-likeness (QED) is 0.445. The van der Waals surface area contributed by atoms with Gasteiger partial charge in [0.25, 0.3) is 11.8 Å². The molecule has 0 unspecified atom stereocenters. The summed E-state index contributed by atoms with van der Waals surface area (Å²) >= 11 is 6.36. The molecule has 1 aliphatic rings. The Morgan fingerprint density at radius 3 is 2.12 bits per heavy atom. The van der Waals surface area contributed by atoms with E-state index < -0.39 is 11.8 Å². The van der Waals surface area contributed by atoms with Crippen molar-refractivity contribution in [3.8, 4) is 0 Å². The number of rotatable bonds is 4. The third-order valence-corrected chi connectivity index (χ3v) is 6.17. The molecule has 5 heteroatoms. The maximum atomic E-state index is 13.6. The summed E-state index contributed by atoms with van der Waals surface area (Å²) in [5.41, 5.74) is 5.64. The number of aryl methyl sites for hydroxylation is 2. The Hall–Kier alpha value is -3.37. The van der Waals surface area contributed by atoms with Crippen LogP contribution in [0.15, 0.2) is 72.4 Å². The molecule has 4 nitrogen and oxygen atoms in total. The van der Waals surface area contributed by atoms with Crippen LogP contribution < -0.4 is 10.2 Å². The number of carbonyl (C=O) groups is 2. The highest BCUT2D eigenvalue weighted by atomic mass is 35.5. The van der Waals surface area contributed by atoms with Crippen LogP contribution in [0.25, 0.3) is 5.57 Å². The van der Waals surface area contributed by atoms with Gasteiger partial charge in [0.1, 0.15) is 5.70 Å². The second-order valence-corrected chi connectivity index (χ2v) is 9.83. The number of hydrogen-bond acceptors (Lipinski definition) is 3. The number of benzene rings is 3. The molecule has 0 atom stereocenters. The van der Waals surface area contributed by atoms with E-state index in [1.54, 1.807) is 24.3 Å². The number of imide groups is 1. The first-order valence-corrected chi connectivity index (χ1v) is 11.3. The summed E-state index contributed by atoms with van der Waals surface area (Å²) in [6.45, 7) is 10.4. The maximum absolute atomic E-state index is 13.6. The molecule has 0 radical (unpaired) electrons. The van der Waals surface area contributed by atoms with E-state index in [9.17, 15) is 9.59 Å². The molecular weight excluding hydrogens is 432 g/mol. The first-order valence-electron chi connectivity index (χ1n) is 10.9. The summed E-state index contributed by atoms with van der Waals surface area (Å²) in [5.74, 6) is -0.822. The van der Waals surface area contributed by atoms with Gasteiger partial charge in [-0.15, -0.1) is 0 Å². The van der Waals surface area contributed by atoms with Crippen molar-refractivity contribution in [1.29, 1.82) is 0 Å². The van der Waals surface area contributed by atoms with E-state index in [0.29, 0.717) is 16.3 Å². The number of anilines is 2. The van der Waals surface area contributed by atoms with Crippen LogP contribution in [0.5, 0.6) is 0 Å². The standard InChI is InChI=1S/C28H27ClN2O2/c1-17-10-15-21(18(2)16-17)24-25(30-20-13-11-19(12-14-20)28(3,4)5)27(33)31(26(24)32)23-9-7-6-8-22(23)29/h6-16,30H,1-5H3. The van der Waals surface area contributed by atoms with Crippen LogP contribution in [0.2, 0.25) is 5.02 Å². The van der Waals surface area contributed by atoms with Crippen LogP contribution in [-0.2, 0) is 15.0 Å². The third-order valence-electron chi connectivity index (χ3n) is 5.85. The van der Waals surface area contributed by atoms with Crippen LogP contribution in [0.1, 0.15) is 43.0 Å². The summed E-state index contributed by atoms with van der Waals surface area (Å²) in [6.07, 6.45) is 0. The molecule has 168 valence electrons. The molecule has 3 aromatic rings. The second kappa shape index (κ2) is 8.53. The summed E-state index contributed by atoms with van der Waals surface area (Å²) in [4.78, 5) is 28.4. The molecule has 0 saturated heterocycles. The molecule has 0 saturated carbocycles. The summed E-state index contributed by atoms with van der Waals surface area (Å²) < 4.78 is 0. The Kier molecular flexibility index (Phi) is 5.89. The van der Waals surface area contributed by atoms with Gasteiger partial charge in [0.15, 0.2) is 0 Å². The molecular formula is C28H27ClN2O2. The predicted molar refractivity (Wildman–Crippen MR) is 136 cm³/mol. The number of carbonyl (C=O) groups excluding carboxylic acids is 2. The number of halogens is 1. The number of amides is 2. The fraction of sp³-hybridized carbons (Fsp3) is 0.214. The van der Waals surface area contributed by atoms with Crippen molar-refractivity contribution in [2.75, 3.05) is 10.2 Å². The van der Waals surface area contributed by atoms with Crippen molar-refractivity contribution < 1.29 is 9.59 Å². The molecule has 0 aromatic heterocycles. The fourth-order valence-electron chi connectivity index (χ4n) is 4.04. The predicted octanol–water partition coefficient (Wildman–Crippen LogP) is 6.65. The zero-order valence-corrected chi connectivity index (χ0v) is 20.2. The van der Waals surface area contributed by atoms with E-state index in [2.05, 4.69) is 26.1 Å². The Labute approximate surface area is 199 Å². The molecule has 0 bridgehead atoms. The topological polar surface area (TPSA) is 49.4 Å². The maximum Gasteiger partial charge on any atom is 0.282 e. The number of nitrogens with one attached hydrogen (secondary N) is 1. The van der Waals surface area contributed by atoms with Crippen molar-refractivity contribution in [1.82, 2.24) is 0 Å². The lowest BCUT2D eigenvalue weighted by atomic mass is 9.87. The molecule has 33 heavy (non-hydrogen) atoms. The van der Waals surface area contributed by atoms with Crippen LogP contribution >= 0.6 is 11.6 Å². The molecule has 1 aliphatic heterocycles. The highest BCUT2D eigenvalue weighted by Crippen LogP contribution is 2.38. The highest BCUT2D eigenvalue weighted by molar-refractivity contribution is 6.48. The molecule has 1 N–H and O–H groups in total. The third kappa shape index (κ3) is 4.31. The lowest BCUT2D eigenvalue weighted by Gasteiger charge is -2.19. The smallest absolute Gasteiger partial charge is 0.282 e. The monoisotopic (exact) mass is 458 g/mol. The lowest BCUT2D eigenvalue weighted by Crippen LogP contribution is -2.32. The van der Waals surface area contributed by atoms with Crippen LogP contribution in [0, 0.1) is 13.8 Å². The van der Waals surface area contributed by atoms with E-state index in [4.69, 9.17) is 11.6 Å². The number of hydrogen-bond donors (Lipinski definition) is 1. The largest absolute Gasteiger partial charge is 0.350 e. The second-order valence-electron chi connectivity index (χ2n) is 9.42. The van der Waals surface area contributed by atoms with Crippen LogP contribution in [-0.4, -0.2) is 11.8 Å². The van der Waals surface area contributed by atoms with Crippen molar-refractivity contribution in [2.24, 2.45) is 0 Å². The van der Waals surface area contributed by atoms with E-state index in [0.717, 1.165) is 27.3 Å². The molecule has 0 spiro atoms. The molecule has 3 aromatic carbocycles. The lowest BCUT2D eigenvalue weighted by molar-refractivity contribution is -0.120. The van der Waals surface area contributed by atoms with Gasteiger partial charge in [0, 0.05) is 5.69 Å². The first-order chi connectivity index (χ1) is 15.6. The highest BCUT2D eigenvalue weighted by Gasteiger charge is 2.41. The zero-order valence-electron chi connectivity index (χ0n) is 19.5. The zero-order chi connectivity index (χ0) is 23.9. The van der Waals surface area contributed by atoms with Gasteiger partial charge in [0.05, 0.1) is 16.3 Å². The normalized spacial score (nSPS) is 14.3. The minimum atomic E-state index is -0.428. The average Bonchev–Trinajstić information content (AvgIpc) is 2.98. The van der Waals surface area contributed by atoms with Gasteiger partial charge in [-0.1, -0.05) is 80.4 Å². The molecule has 0 fully saturated rings. The van der Waals surface area contributed by atoms with Gasteiger partial charge < -0.3 is 5.32 Å². The van der Waals surface area contributed by atoms with Crippen molar-refractivity contribution in [3.05, 3.63) is 99.7 Å². The van der Waals surface area contributed by atoms with E-state index in [1.165, 1.54) is 5.56 Å². The molecule has 2 amide bonds. The van der Waals surface area contributed by atoms with Gasteiger partial charge in [0.2, 0.25) is 0 Å². The first kappa shape index (κ1) is 22.8. The van der Waals surface area contributed by atoms with Crippen LogP contribution in [0.4, 0.5) is 11.4 Å². The van der Waals surface area contributed by atoms with Gasteiger partial charge >= 0.3 is 0 Å². The Bertz CT molecular complexity index is 1280. The summed E-state index contributed by atoms with van der Waals surface area (Å²) in [5, 5.41) is 3.58. The van der Waals surface area contributed by atoms with E-state index >= 15 is 0 Å². The Morgan fingerprint density at radius 2 is 1.52 bits per heavy atom. The number of nitrogens with zero attached hydrogens (tertiary/aromatic N) is 1. The average molecular weight is 459 g/mol. The van der Waals surface area contributed by atoms with E-state index in [1.807, 2.05) is 56.3 Å². The van der Waals surface area contributed by atoms with Gasteiger partial charge in [-0.25, -0.2) is 4.90 Å². The molecule has 0 aliphatic carbocycles. The molecule has 1 heterocycles. The van der Waals surface area contributed by atoms with Crippen molar-refractivity contribution in [3.63, 3.8) is 0 Å². The van der Waals surface area contributed by atoms with Crippen molar-refractivity contribution >= 4 is 40.4 Å². The van der Waals surface area contributed by atoms with Gasteiger partial charge in [-0.05, 0) is 60.2 Å². The van der Waals surface area contributed by atoms with Gasteiger partial charge in [-0.2, -0.15) is 0 Å². The van der Waals surface area contributed by atoms with Crippen LogP contribution in [0.3, 0.4) is 0 Å². The minimum Gasteiger partial charge on any atom is -0.350 e. The Balaban J connectivity index is 1.83. The van der Waals surface area contributed by atoms with E-state index in [-0.39, 0.29) is 11.1 Å². The fourth-order valence-corrected chi connectivity index (χ4v) is 4.26. The minimum absolute atomic E-state index is 0.0158. The van der Waals surface area contributed by atoms with Gasteiger partial charge in [-0.3, -0.25) is 9.59 Å². The molecule has 4 rings (SSSR count). The SMILES string of the molecule is Cc1ccc(C2=C(Nc3ccc(C(C)(C)C)cc3)C(=O)N(c3ccccc3Cl)C2=O)c(C)c1. The summed E-state index contributed by atoms with van der Waals surface area (Å²) in [6, 6.07) is 20.7. The summed E-state index contributed by atoms with van der Waals surface area (Å²) in [7, 11) is 0. The number of para-hydroxylation sites is 1. The van der Waals surface area contributed by atoms with Crippen molar-refractivity contribution in [2.45, 2.75) is 40.0 Å².